The number of hydrogen-bond acceptors (Lipinski definition) is 4. The predicted octanol–water partition coefficient (Wildman–Crippen LogP) is 2.26. The van der Waals surface area contributed by atoms with Crippen molar-refractivity contribution in [1.82, 2.24) is 4.90 Å². The van der Waals surface area contributed by atoms with E-state index in [9.17, 15) is 4.79 Å². The van der Waals surface area contributed by atoms with E-state index in [0.717, 1.165) is 18.5 Å². The molecule has 0 atom stereocenters. The van der Waals surface area contributed by atoms with Gasteiger partial charge in [0.15, 0.2) is 0 Å². The predicted molar refractivity (Wildman–Crippen MR) is 79.8 cm³/mol. The summed E-state index contributed by atoms with van der Waals surface area (Å²) in [7, 11) is 0. The lowest BCUT2D eigenvalue weighted by atomic mass is 10.1. The van der Waals surface area contributed by atoms with Crippen LogP contribution in [0, 0.1) is 11.3 Å². The van der Waals surface area contributed by atoms with Crippen LogP contribution in [0.3, 0.4) is 0 Å². The maximum absolute atomic E-state index is 10.7. The van der Waals surface area contributed by atoms with Crippen molar-refractivity contribution in [3.8, 4) is 6.07 Å². The van der Waals surface area contributed by atoms with Crippen molar-refractivity contribution in [2.45, 2.75) is 26.3 Å². The van der Waals surface area contributed by atoms with E-state index in [1.54, 1.807) is 12.1 Å². The summed E-state index contributed by atoms with van der Waals surface area (Å²) in [4.78, 5) is 12.8. The van der Waals surface area contributed by atoms with E-state index in [-0.39, 0.29) is 6.42 Å². The zero-order valence-corrected chi connectivity index (χ0v) is 12.4. The Labute approximate surface area is 125 Å². The van der Waals surface area contributed by atoms with Gasteiger partial charge in [0.05, 0.1) is 18.1 Å². The number of carboxylic acid groups (broad SMARTS) is 1. The summed E-state index contributed by atoms with van der Waals surface area (Å²) >= 11 is 0. The monoisotopic (exact) mass is 290 g/mol. The molecule has 0 spiro atoms. The van der Waals surface area contributed by atoms with Crippen molar-refractivity contribution >= 4 is 5.97 Å². The van der Waals surface area contributed by atoms with Gasteiger partial charge in [-0.3, -0.25) is 9.69 Å². The molecule has 0 bridgehead atoms. The van der Waals surface area contributed by atoms with Gasteiger partial charge in [-0.15, -0.1) is 0 Å². The number of nitriles is 1. The Morgan fingerprint density at radius 1 is 1.33 bits per heavy atom. The molecule has 0 unspecified atom stereocenters. The van der Waals surface area contributed by atoms with Gasteiger partial charge in [-0.1, -0.05) is 12.1 Å². The fourth-order valence-corrected chi connectivity index (χ4v) is 2.00. The molecular formula is C16H22N2O3. The second-order valence-corrected chi connectivity index (χ2v) is 4.78. The van der Waals surface area contributed by atoms with Crippen LogP contribution in [0.2, 0.25) is 0 Å². The first-order valence-electron chi connectivity index (χ1n) is 7.16. The lowest BCUT2D eigenvalue weighted by molar-refractivity contribution is -0.137. The molecule has 1 aromatic rings. The number of ether oxygens (including phenoxy) is 1. The number of rotatable bonds is 10. The van der Waals surface area contributed by atoms with Crippen LogP contribution in [-0.2, 0) is 16.1 Å². The second kappa shape index (κ2) is 9.92. The third-order valence-corrected chi connectivity index (χ3v) is 3.10. The average molecular weight is 290 g/mol. The average Bonchev–Trinajstić information content (AvgIpc) is 2.49. The molecular weight excluding hydrogens is 268 g/mol. The lowest BCUT2D eigenvalue weighted by Gasteiger charge is -2.21. The molecule has 5 heteroatoms. The molecule has 0 amide bonds. The molecule has 0 saturated carbocycles. The molecule has 0 aromatic heterocycles. The minimum Gasteiger partial charge on any atom is -0.481 e. The van der Waals surface area contributed by atoms with E-state index >= 15 is 0 Å². The van der Waals surface area contributed by atoms with Crippen molar-refractivity contribution in [3.05, 3.63) is 35.4 Å². The Morgan fingerprint density at radius 3 is 2.62 bits per heavy atom. The van der Waals surface area contributed by atoms with Gasteiger partial charge in [-0.2, -0.15) is 5.26 Å². The number of carboxylic acids is 1. The number of benzene rings is 1. The van der Waals surface area contributed by atoms with Crippen LogP contribution in [-0.4, -0.2) is 42.3 Å². The minimum atomic E-state index is -0.787. The highest BCUT2D eigenvalue weighted by Crippen LogP contribution is 2.08. The Kier molecular flexibility index (Phi) is 8.10. The van der Waals surface area contributed by atoms with Crippen LogP contribution in [0.4, 0.5) is 0 Å². The Balaban J connectivity index is 2.53. The molecule has 114 valence electrons. The maximum atomic E-state index is 10.7. The molecule has 0 aliphatic heterocycles. The molecule has 0 aliphatic carbocycles. The zero-order valence-electron chi connectivity index (χ0n) is 12.4. The van der Waals surface area contributed by atoms with Crippen LogP contribution in [0.1, 0.15) is 30.9 Å². The summed E-state index contributed by atoms with van der Waals surface area (Å²) in [5.74, 6) is -0.787. The van der Waals surface area contributed by atoms with E-state index in [2.05, 4.69) is 11.0 Å². The van der Waals surface area contributed by atoms with Gasteiger partial charge in [-0.25, -0.2) is 0 Å². The van der Waals surface area contributed by atoms with E-state index in [1.807, 2.05) is 19.1 Å². The van der Waals surface area contributed by atoms with Crippen LogP contribution in [0.5, 0.6) is 0 Å². The number of carbonyl (C=O) groups is 1. The fraction of sp³-hybridized carbons (Fsp3) is 0.500. The van der Waals surface area contributed by atoms with Crippen LogP contribution >= 0.6 is 0 Å². The van der Waals surface area contributed by atoms with Gasteiger partial charge in [0.2, 0.25) is 0 Å². The lowest BCUT2D eigenvalue weighted by Crippen LogP contribution is -2.28. The maximum Gasteiger partial charge on any atom is 0.304 e. The highest BCUT2D eigenvalue weighted by atomic mass is 16.5. The summed E-state index contributed by atoms with van der Waals surface area (Å²) in [5.41, 5.74) is 1.71. The highest BCUT2D eigenvalue weighted by Gasteiger charge is 2.08. The summed E-state index contributed by atoms with van der Waals surface area (Å²) in [5, 5.41) is 17.6. The van der Waals surface area contributed by atoms with Gasteiger partial charge >= 0.3 is 5.97 Å². The molecule has 21 heavy (non-hydrogen) atoms. The van der Waals surface area contributed by atoms with E-state index in [0.29, 0.717) is 31.9 Å². The largest absolute Gasteiger partial charge is 0.481 e. The van der Waals surface area contributed by atoms with Gasteiger partial charge in [0, 0.05) is 32.8 Å². The van der Waals surface area contributed by atoms with E-state index in [4.69, 9.17) is 15.1 Å². The molecule has 1 aromatic carbocycles. The normalized spacial score (nSPS) is 10.5. The van der Waals surface area contributed by atoms with Crippen LogP contribution in [0.15, 0.2) is 24.3 Å². The standard InChI is InChI=1S/C16H22N2O3/c1-2-21-11-3-9-18(10-8-16(19)20)13-15-6-4-14(12-17)5-7-15/h4-7H,2-3,8-11,13H2,1H3,(H,19,20). The van der Waals surface area contributed by atoms with Crippen molar-refractivity contribution < 1.29 is 14.6 Å². The third-order valence-electron chi connectivity index (χ3n) is 3.10. The van der Waals surface area contributed by atoms with Crippen LogP contribution in [0.25, 0.3) is 0 Å². The van der Waals surface area contributed by atoms with Gasteiger partial charge in [0.1, 0.15) is 0 Å². The van der Waals surface area contributed by atoms with Crippen molar-refractivity contribution in [3.63, 3.8) is 0 Å². The summed E-state index contributed by atoms with van der Waals surface area (Å²) in [6.45, 7) is 5.34. The first kappa shape index (κ1) is 17.2. The second-order valence-electron chi connectivity index (χ2n) is 4.78. The zero-order chi connectivity index (χ0) is 15.5. The summed E-state index contributed by atoms with van der Waals surface area (Å²) in [6, 6.07) is 9.48. The topological polar surface area (TPSA) is 73.6 Å². The molecule has 0 fully saturated rings. The van der Waals surface area contributed by atoms with Crippen molar-refractivity contribution in [2.24, 2.45) is 0 Å². The van der Waals surface area contributed by atoms with E-state index in [1.165, 1.54) is 0 Å². The fourth-order valence-electron chi connectivity index (χ4n) is 2.00. The molecule has 1 N–H and O–H groups in total. The van der Waals surface area contributed by atoms with Crippen molar-refractivity contribution in [1.29, 1.82) is 5.26 Å². The third kappa shape index (κ3) is 7.45. The van der Waals surface area contributed by atoms with E-state index < -0.39 is 5.97 Å². The number of aliphatic carboxylic acids is 1. The highest BCUT2D eigenvalue weighted by molar-refractivity contribution is 5.66. The quantitative estimate of drug-likeness (QED) is 0.669. The molecule has 0 radical (unpaired) electrons. The molecule has 0 aliphatic rings. The van der Waals surface area contributed by atoms with Gasteiger partial charge < -0.3 is 9.84 Å². The molecule has 0 saturated heterocycles. The molecule has 1 rings (SSSR count). The van der Waals surface area contributed by atoms with Crippen molar-refractivity contribution in [2.75, 3.05) is 26.3 Å². The Morgan fingerprint density at radius 2 is 2.05 bits per heavy atom. The number of hydrogen-bond donors (Lipinski definition) is 1. The summed E-state index contributed by atoms with van der Waals surface area (Å²) < 4.78 is 5.31. The minimum absolute atomic E-state index is 0.130. The SMILES string of the molecule is CCOCCCN(CCC(=O)O)Cc1ccc(C#N)cc1. The summed E-state index contributed by atoms with van der Waals surface area (Å²) in [6.07, 6.45) is 1.01. The van der Waals surface area contributed by atoms with Gasteiger partial charge in [0.25, 0.3) is 0 Å². The smallest absolute Gasteiger partial charge is 0.304 e. The Bertz CT molecular complexity index is 465. The molecule has 0 heterocycles. The first-order chi connectivity index (χ1) is 10.2. The van der Waals surface area contributed by atoms with Gasteiger partial charge in [-0.05, 0) is 31.0 Å². The van der Waals surface area contributed by atoms with Crippen LogP contribution < -0.4 is 0 Å². The number of nitrogens with zero attached hydrogens (tertiary/aromatic N) is 2. The first-order valence-corrected chi connectivity index (χ1v) is 7.16. The molecule has 5 nitrogen and oxygen atoms in total. The Hall–Kier alpha value is -1.90.